The molecule has 0 aromatic carbocycles. The zero-order valence-corrected chi connectivity index (χ0v) is 10.4. The van der Waals surface area contributed by atoms with Gasteiger partial charge in [-0.2, -0.15) is 4.98 Å². The number of hydrogen-bond donors (Lipinski definition) is 3. The second-order valence-electron chi connectivity index (χ2n) is 4.78. The number of aromatic nitrogens is 2. The van der Waals surface area contributed by atoms with Crippen molar-refractivity contribution in [1.29, 1.82) is 0 Å². The first-order chi connectivity index (χ1) is 7.87. The summed E-state index contributed by atoms with van der Waals surface area (Å²) in [6, 6.07) is 1.71. The first-order valence-corrected chi connectivity index (χ1v) is 5.50. The normalized spacial score (nSPS) is 11.0. The van der Waals surface area contributed by atoms with Crippen molar-refractivity contribution in [2.45, 2.75) is 32.7 Å². The Labute approximate surface area is 101 Å². The van der Waals surface area contributed by atoms with Crippen LogP contribution in [0.1, 0.15) is 27.2 Å². The standard InChI is InChI=1S/C11H19N5O/c1-11(2,3)16-9(17)5-7-13-8-4-6-14-10(12)15-8/h4,6H,5,7H2,1-3H3,(H,16,17)(H3,12,13,14,15). The zero-order chi connectivity index (χ0) is 12.9. The second kappa shape index (κ2) is 5.47. The quantitative estimate of drug-likeness (QED) is 0.719. The molecule has 1 aromatic heterocycles. The Hall–Kier alpha value is -1.85. The summed E-state index contributed by atoms with van der Waals surface area (Å²) in [5.74, 6) is 0.849. The van der Waals surface area contributed by atoms with Gasteiger partial charge in [-0.05, 0) is 26.8 Å². The Morgan fingerprint density at radius 3 is 2.76 bits per heavy atom. The zero-order valence-electron chi connectivity index (χ0n) is 10.4. The molecular formula is C11H19N5O. The molecule has 1 rings (SSSR count). The number of carbonyl (C=O) groups excluding carboxylic acids is 1. The molecule has 0 aliphatic heterocycles. The number of nitrogens with one attached hydrogen (secondary N) is 2. The number of amides is 1. The summed E-state index contributed by atoms with van der Waals surface area (Å²) >= 11 is 0. The third-order valence-electron chi connectivity index (χ3n) is 1.85. The van der Waals surface area contributed by atoms with Gasteiger partial charge < -0.3 is 16.4 Å². The van der Waals surface area contributed by atoms with Gasteiger partial charge in [-0.15, -0.1) is 0 Å². The van der Waals surface area contributed by atoms with Gasteiger partial charge in [0.25, 0.3) is 0 Å². The van der Waals surface area contributed by atoms with Gasteiger partial charge in [-0.3, -0.25) is 4.79 Å². The summed E-state index contributed by atoms with van der Waals surface area (Å²) in [7, 11) is 0. The largest absolute Gasteiger partial charge is 0.369 e. The van der Waals surface area contributed by atoms with Gasteiger partial charge in [0, 0.05) is 24.7 Å². The van der Waals surface area contributed by atoms with Crippen LogP contribution >= 0.6 is 0 Å². The lowest BCUT2D eigenvalue weighted by Gasteiger charge is -2.20. The molecule has 6 heteroatoms. The molecule has 17 heavy (non-hydrogen) atoms. The summed E-state index contributed by atoms with van der Waals surface area (Å²) in [5.41, 5.74) is 5.23. The summed E-state index contributed by atoms with van der Waals surface area (Å²) in [5, 5.41) is 5.89. The third-order valence-corrected chi connectivity index (χ3v) is 1.85. The number of nitrogens with two attached hydrogens (primary N) is 1. The van der Waals surface area contributed by atoms with Gasteiger partial charge in [-0.25, -0.2) is 4.98 Å². The lowest BCUT2D eigenvalue weighted by atomic mass is 10.1. The van der Waals surface area contributed by atoms with E-state index in [9.17, 15) is 4.79 Å². The van der Waals surface area contributed by atoms with Crippen LogP contribution < -0.4 is 16.4 Å². The summed E-state index contributed by atoms with van der Waals surface area (Å²) < 4.78 is 0. The molecule has 4 N–H and O–H groups in total. The number of nitrogen functional groups attached to an aromatic ring is 1. The number of nitrogens with zero attached hydrogens (tertiary/aromatic N) is 2. The highest BCUT2D eigenvalue weighted by molar-refractivity contribution is 5.77. The maximum atomic E-state index is 11.5. The maximum absolute atomic E-state index is 11.5. The van der Waals surface area contributed by atoms with E-state index in [1.807, 2.05) is 20.8 Å². The smallest absolute Gasteiger partial charge is 0.222 e. The van der Waals surface area contributed by atoms with E-state index < -0.39 is 0 Å². The van der Waals surface area contributed by atoms with E-state index in [0.29, 0.717) is 18.8 Å². The molecule has 0 atom stereocenters. The highest BCUT2D eigenvalue weighted by atomic mass is 16.1. The molecule has 0 saturated carbocycles. The fourth-order valence-electron chi connectivity index (χ4n) is 1.26. The number of hydrogen-bond acceptors (Lipinski definition) is 5. The molecule has 1 heterocycles. The van der Waals surface area contributed by atoms with Crippen LogP contribution in [0.5, 0.6) is 0 Å². The number of anilines is 2. The van der Waals surface area contributed by atoms with E-state index in [1.54, 1.807) is 12.3 Å². The van der Waals surface area contributed by atoms with Crippen molar-refractivity contribution < 1.29 is 4.79 Å². The molecule has 0 unspecified atom stereocenters. The Balaban J connectivity index is 2.31. The molecule has 6 nitrogen and oxygen atoms in total. The van der Waals surface area contributed by atoms with Crippen molar-refractivity contribution in [3.8, 4) is 0 Å². The lowest BCUT2D eigenvalue weighted by Crippen LogP contribution is -2.41. The van der Waals surface area contributed by atoms with Crippen molar-refractivity contribution in [2.24, 2.45) is 0 Å². The van der Waals surface area contributed by atoms with Crippen LogP contribution in [0.2, 0.25) is 0 Å². The predicted molar refractivity (Wildman–Crippen MR) is 67.4 cm³/mol. The van der Waals surface area contributed by atoms with Crippen molar-refractivity contribution >= 4 is 17.7 Å². The molecule has 0 aliphatic rings. The van der Waals surface area contributed by atoms with Crippen molar-refractivity contribution in [3.05, 3.63) is 12.3 Å². The molecule has 0 spiro atoms. The van der Waals surface area contributed by atoms with Crippen LogP contribution in [0, 0.1) is 0 Å². The van der Waals surface area contributed by atoms with Crippen molar-refractivity contribution in [3.63, 3.8) is 0 Å². The summed E-state index contributed by atoms with van der Waals surface area (Å²) in [4.78, 5) is 19.3. The minimum atomic E-state index is -0.198. The van der Waals surface area contributed by atoms with Gasteiger partial charge in [0.1, 0.15) is 5.82 Å². The van der Waals surface area contributed by atoms with Gasteiger partial charge in [0.15, 0.2) is 0 Å². The van der Waals surface area contributed by atoms with Crippen LogP contribution in [0.4, 0.5) is 11.8 Å². The van der Waals surface area contributed by atoms with Crippen LogP contribution in [0.25, 0.3) is 0 Å². The van der Waals surface area contributed by atoms with Crippen molar-refractivity contribution in [2.75, 3.05) is 17.6 Å². The molecule has 1 aromatic rings. The van der Waals surface area contributed by atoms with E-state index in [2.05, 4.69) is 20.6 Å². The summed E-state index contributed by atoms with van der Waals surface area (Å²) in [6.45, 7) is 6.36. The minimum Gasteiger partial charge on any atom is -0.369 e. The van der Waals surface area contributed by atoms with E-state index in [4.69, 9.17) is 5.73 Å². The van der Waals surface area contributed by atoms with E-state index in [1.165, 1.54) is 0 Å². The highest BCUT2D eigenvalue weighted by Gasteiger charge is 2.12. The Bertz CT molecular complexity index is 386. The first kappa shape index (κ1) is 13.2. The highest BCUT2D eigenvalue weighted by Crippen LogP contribution is 2.03. The molecule has 94 valence electrons. The van der Waals surface area contributed by atoms with Crippen LogP contribution in [-0.2, 0) is 4.79 Å². The summed E-state index contributed by atoms with van der Waals surface area (Å²) in [6.07, 6.45) is 1.96. The first-order valence-electron chi connectivity index (χ1n) is 5.50. The Morgan fingerprint density at radius 2 is 2.18 bits per heavy atom. The topological polar surface area (TPSA) is 92.9 Å². The molecule has 0 fully saturated rings. The SMILES string of the molecule is CC(C)(C)NC(=O)CCNc1ccnc(N)n1. The monoisotopic (exact) mass is 237 g/mol. The number of carbonyl (C=O) groups is 1. The molecule has 0 saturated heterocycles. The van der Waals surface area contributed by atoms with Crippen LogP contribution in [-0.4, -0.2) is 28.0 Å². The second-order valence-corrected chi connectivity index (χ2v) is 4.78. The van der Waals surface area contributed by atoms with Crippen LogP contribution in [0.3, 0.4) is 0 Å². The van der Waals surface area contributed by atoms with E-state index >= 15 is 0 Å². The maximum Gasteiger partial charge on any atom is 0.222 e. The van der Waals surface area contributed by atoms with Gasteiger partial charge in [0.2, 0.25) is 11.9 Å². The minimum absolute atomic E-state index is 0.00651. The van der Waals surface area contributed by atoms with Gasteiger partial charge >= 0.3 is 0 Å². The molecule has 1 amide bonds. The number of rotatable bonds is 4. The van der Waals surface area contributed by atoms with E-state index in [0.717, 1.165) is 0 Å². The van der Waals surface area contributed by atoms with Gasteiger partial charge in [-0.1, -0.05) is 0 Å². The lowest BCUT2D eigenvalue weighted by molar-refractivity contribution is -0.122. The van der Waals surface area contributed by atoms with Gasteiger partial charge in [0.05, 0.1) is 0 Å². The fraction of sp³-hybridized carbons (Fsp3) is 0.545. The molecule has 0 aliphatic carbocycles. The predicted octanol–water partition coefficient (Wildman–Crippen LogP) is 0.775. The Kier molecular flexibility index (Phi) is 4.25. The third kappa shape index (κ3) is 5.70. The molecular weight excluding hydrogens is 218 g/mol. The average Bonchev–Trinajstić information content (AvgIpc) is 2.14. The average molecular weight is 237 g/mol. The van der Waals surface area contributed by atoms with Crippen molar-refractivity contribution in [1.82, 2.24) is 15.3 Å². The molecule has 0 radical (unpaired) electrons. The van der Waals surface area contributed by atoms with E-state index in [-0.39, 0.29) is 17.4 Å². The molecule has 0 bridgehead atoms. The Morgan fingerprint density at radius 1 is 1.47 bits per heavy atom. The van der Waals surface area contributed by atoms with Crippen LogP contribution in [0.15, 0.2) is 12.3 Å². The fourth-order valence-corrected chi connectivity index (χ4v) is 1.26.